The van der Waals surface area contributed by atoms with Crippen LogP contribution in [0, 0.1) is 0 Å². The van der Waals surface area contributed by atoms with Crippen molar-refractivity contribution in [3.8, 4) is 0 Å². The van der Waals surface area contributed by atoms with Crippen LogP contribution in [0.15, 0.2) is 47.4 Å². The Morgan fingerprint density at radius 1 is 1.12 bits per heavy atom. The van der Waals surface area contributed by atoms with Gasteiger partial charge in [0, 0.05) is 11.5 Å². The highest BCUT2D eigenvalue weighted by atomic mass is 16.5. The van der Waals surface area contributed by atoms with E-state index in [1.165, 1.54) is 0 Å². The average molecular weight is 226 g/mol. The average Bonchev–Trinajstić information content (AvgIpc) is 2.89. The molecular formula is C12H10N4O. The molecule has 0 aliphatic carbocycles. The Morgan fingerprint density at radius 3 is 2.94 bits per heavy atom. The van der Waals surface area contributed by atoms with Crippen molar-refractivity contribution in [2.24, 2.45) is 0 Å². The van der Waals surface area contributed by atoms with Gasteiger partial charge in [-0.3, -0.25) is 0 Å². The predicted molar refractivity (Wildman–Crippen MR) is 63.4 cm³/mol. The van der Waals surface area contributed by atoms with Crippen molar-refractivity contribution < 1.29 is 4.52 Å². The van der Waals surface area contributed by atoms with Gasteiger partial charge < -0.3 is 9.84 Å². The van der Waals surface area contributed by atoms with Crippen molar-refractivity contribution in [2.45, 2.75) is 6.54 Å². The first kappa shape index (κ1) is 9.77. The lowest BCUT2D eigenvalue weighted by atomic mass is 10.2. The fourth-order valence-corrected chi connectivity index (χ4v) is 1.65. The molecule has 0 aliphatic rings. The molecule has 0 saturated carbocycles. The van der Waals surface area contributed by atoms with Crippen molar-refractivity contribution in [3.63, 3.8) is 0 Å². The normalized spacial score (nSPS) is 10.6. The fraction of sp³-hybridized carbons (Fsp3) is 0.0833. The van der Waals surface area contributed by atoms with Gasteiger partial charge in [-0.2, -0.15) is 0 Å². The SMILES string of the molecule is c1ccc2c(NCc3ccon3)ncnc2c1. The summed E-state index contributed by atoms with van der Waals surface area (Å²) in [7, 11) is 0. The van der Waals surface area contributed by atoms with Gasteiger partial charge in [-0.05, 0) is 12.1 Å². The molecule has 0 fully saturated rings. The molecule has 0 amide bonds. The summed E-state index contributed by atoms with van der Waals surface area (Å²) in [5.41, 5.74) is 1.76. The standard InChI is InChI=1S/C12H10N4O/c1-2-4-11-10(3-1)12(15-8-14-11)13-7-9-5-6-17-16-9/h1-6,8H,7H2,(H,13,14,15). The molecule has 0 atom stereocenters. The van der Waals surface area contributed by atoms with Crippen LogP contribution < -0.4 is 5.32 Å². The van der Waals surface area contributed by atoms with Crippen LogP contribution in [-0.2, 0) is 6.54 Å². The van der Waals surface area contributed by atoms with Crippen molar-refractivity contribution in [2.75, 3.05) is 5.32 Å². The number of anilines is 1. The molecule has 0 spiro atoms. The van der Waals surface area contributed by atoms with Crippen LogP contribution in [0.3, 0.4) is 0 Å². The highest BCUT2D eigenvalue weighted by Gasteiger charge is 2.03. The fourth-order valence-electron chi connectivity index (χ4n) is 1.65. The van der Waals surface area contributed by atoms with E-state index >= 15 is 0 Å². The number of rotatable bonds is 3. The van der Waals surface area contributed by atoms with E-state index in [4.69, 9.17) is 4.52 Å². The number of hydrogen-bond donors (Lipinski definition) is 1. The monoisotopic (exact) mass is 226 g/mol. The van der Waals surface area contributed by atoms with Crippen LogP contribution in [0.25, 0.3) is 10.9 Å². The lowest BCUT2D eigenvalue weighted by Crippen LogP contribution is -2.02. The Bertz CT molecular complexity index is 616. The van der Waals surface area contributed by atoms with E-state index in [9.17, 15) is 0 Å². The molecule has 2 aromatic heterocycles. The lowest BCUT2D eigenvalue weighted by molar-refractivity contribution is 0.412. The van der Waals surface area contributed by atoms with Gasteiger partial charge in [-0.25, -0.2) is 9.97 Å². The number of hydrogen-bond acceptors (Lipinski definition) is 5. The lowest BCUT2D eigenvalue weighted by Gasteiger charge is -2.05. The largest absolute Gasteiger partial charge is 0.364 e. The minimum Gasteiger partial charge on any atom is -0.364 e. The smallest absolute Gasteiger partial charge is 0.137 e. The maximum Gasteiger partial charge on any atom is 0.137 e. The zero-order chi connectivity index (χ0) is 11.5. The molecular weight excluding hydrogens is 216 g/mol. The summed E-state index contributed by atoms with van der Waals surface area (Å²) in [6.07, 6.45) is 3.10. The molecule has 3 rings (SSSR count). The number of para-hydroxylation sites is 1. The van der Waals surface area contributed by atoms with Gasteiger partial charge in [0.1, 0.15) is 24.1 Å². The van der Waals surface area contributed by atoms with E-state index in [1.807, 2.05) is 30.3 Å². The van der Waals surface area contributed by atoms with Crippen LogP contribution in [-0.4, -0.2) is 15.1 Å². The molecule has 0 bridgehead atoms. The van der Waals surface area contributed by atoms with Crippen molar-refractivity contribution in [1.29, 1.82) is 0 Å². The second kappa shape index (κ2) is 4.21. The van der Waals surface area contributed by atoms with E-state index < -0.39 is 0 Å². The maximum atomic E-state index is 4.77. The Morgan fingerprint density at radius 2 is 2.06 bits per heavy atom. The number of nitrogens with zero attached hydrogens (tertiary/aromatic N) is 3. The van der Waals surface area contributed by atoms with Gasteiger partial charge in [0.05, 0.1) is 12.1 Å². The third-order valence-corrected chi connectivity index (χ3v) is 2.47. The summed E-state index contributed by atoms with van der Waals surface area (Å²) >= 11 is 0. The van der Waals surface area contributed by atoms with E-state index in [2.05, 4.69) is 20.4 Å². The summed E-state index contributed by atoms with van der Waals surface area (Å²) in [4.78, 5) is 8.43. The molecule has 2 heterocycles. The van der Waals surface area contributed by atoms with Crippen molar-refractivity contribution in [3.05, 3.63) is 48.6 Å². The molecule has 0 unspecified atom stereocenters. The van der Waals surface area contributed by atoms with E-state index in [0.29, 0.717) is 6.54 Å². The van der Waals surface area contributed by atoms with E-state index in [1.54, 1.807) is 12.6 Å². The Labute approximate surface area is 97.5 Å². The highest BCUT2D eigenvalue weighted by molar-refractivity contribution is 5.88. The van der Waals surface area contributed by atoms with Gasteiger partial charge in [-0.1, -0.05) is 17.3 Å². The summed E-state index contributed by atoms with van der Waals surface area (Å²) in [6, 6.07) is 9.68. The first-order valence-corrected chi connectivity index (χ1v) is 5.26. The molecule has 0 radical (unpaired) electrons. The Kier molecular flexibility index (Phi) is 2.42. The summed E-state index contributed by atoms with van der Waals surface area (Å²) in [5, 5.41) is 8.05. The molecule has 17 heavy (non-hydrogen) atoms. The predicted octanol–water partition coefficient (Wildman–Crippen LogP) is 2.23. The third-order valence-electron chi connectivity index (χ3n) is 2.47. The second-order valence-corrected chi connectivity index (χ2v) is 3.58. The first-order valence-electron chi connectivity index (χ1n) is 5.26. The third kappa shape index (κ3) is 1.94. The van der Waals surface area contributed by atoms with Gasteiger partial charge >= 0.3 is 0 Å². The molecule has 1 N–H and O–H groups in total. The molecule has 0 saturated heterocycles. The molecule has 0 aliphatic heterocycles. The van der Waals surface area contributed by atoms with Crippen LogP contribution in [0.2, 0.25) is 0 Å². The molecule has 84 valence electrons. The van der Waals surface area contributed by atoms with Crippen LogP contribution in [0.5, 0.6) is 0 Å². The zero-order valence-corrected chi connectivity index (χ0v) is 9.00. The molecule has 3 aromatic rings. The Hall–Kier alpha value is -2.43. The van der Waals surface area contributed by atoms with Gasteiger partial charge in [0.2, 0.25) is 0 Å². The number of benzene rings is 1. The van der Waals surface area contributed by atoms with Crippen molar-refractivity contribution in [1.82, 2.24) is 15.1 Å². The second-order valence-electron chi connectivity index (χ2n) is 3.58. The topological polar surface area (TPSA) is 63.8 Å². The minimum atomic E-state index is 0.581. The van der Waals surface area contributed by atoms with Crippen molar-refractivity contribution >= 4 is 16.7 Å². The highest BCUT2D eigenvalue weighted by Crippen LogP contribution is 2.18. The van der Waals surface area contributed by atoms with Gasteiger partial charge in [0.25, 0.3) is 0 Å². The zero-order valence-electron chi connectivity index (χ0n) is 9.00. The first-order chi connectivity index (χ1) is 8.43. The van der Waals surface area contributed by atoms with Crippen LogP contribution in [0.1, 0.15) is 5.69 Å². The number of nitrogens with one attached hydrogen (secondary N) is 1. The van der Waals surface area contributed by atoms with Gasteiger partial charge in [-0.15, -0.1) is 0 Å². The Balaban J connectivity index is 1.90. The summed E-state index contributed by atoms with van der Waals surface area (Å²) < 4.78 is 4.77. The quantitative estimate of drug-likeness (QED) is 0.741. The number of fused-ring (bicyclic) bond motifs is 1. The number of aromatic nitrogens is 3. The van der Waals surface area contributed by atoms with E-state index in [0.717, 1.165) is 22.4 Å². The summed E-state index contributed by atoms with van der Waals surface area (Å²) in [6.45, 7) is 0.581. The molecule has 5 heteroatoms. The summed E-state index contributed by atoms with van der Waals surface area (Å²) in [5.74, 6) is 0.804. The van der Waals surface area contributed by atoms with Crippen LogP contribution >= 0.6 is 0 Å². The molecule has 5 nitrogen and oxygen atoms in total. The minimum absolute atomic E-state index is 0.581. The van der Waals surface area contributed by atoms with E-state index in [-0.39, 0.29) is 0 Å². The maximum absolute atomic E-state index is 4.77. The van der Waals surface area contributed by atoms with Gasteiger partial charge in [0.15, 0.2) is 0 Å². The van der Waals surface area contributed by atoms with Crippen LogP contribution in [0.4, 0.5) is 5.82 Å². The molecule has 1 aromatic carbocycles.